The Bertz CT molecular complexity index is 246. The van der Waals surface area contributed by atoms with Crippen molar-refractivity contribution in [2.75, 3.05) is 0 Å². The van der Waals surface area contributed by atoms with Gasteiger partial charge >= 0.3 is 0 Å². The van der Waals surface area contributed by atoms with Crippen molar-refractivity contribution in [1.82, 2.24) is 0 Å². The summed E-state index contributed by atoms with van der Waals surface area (Å²) in [5.74, 6) is 1.94. The monoisotopic (exact) mass is 130 g/mol. The molecule has 0 nitrogen and oxygen atoms in total. The third-order valence-corrected chi connectivity index (χ3v) is 3.07. The molecule has 0 aliphatic heterocycles. The summed E-state index contributed by atoms with van der Waals surface area (Å²) >= 11 is 0. The summed E-state index contributed by atoms with van der Waals surface area (Å²) in [6.07, 6.45) is 2.89. The van der Waals surface area contributed by atoms with Gasteiger partial charge in [0.2, 0.25) is 0 Å². The maximum absolute atomic E-state index is 2.29. The zero-order chi connectivity index (χ0) is 6.55. The van der Waals surface area contributed by atoms with Crippen LogP contribution in [0.3, 0.4) is 0 Å². The quantitative estimate of drug-likeness (QED) is 0.506. The lowest BCUT2D eigenvalue weighted by Crippen LogP contribution is -2.32. The summed E-state index contributed by atoms with van der Waals surface area (Å²) in [5, 5.41) is 0. The minimum Gasteiger partial charge on any atom is -0.0620 e. The van der Waals surface area contributed by atoms with Crippen molar-refractivity contribution in [3.8, 4) is 0 Å². The van der Waals surface area contributed by atoms with E-state index in [0.717, 1.165) is 11.8 Å². The minimum atomic E-state index is 0.969. The molecular formula is C10H10. The first kappa shape index (κ1) is 4.95. The Morgan fingerprint density at radius 1 is 0.900 bits per heavy atom. The van der Waals surface area contributed by atoms with Gasteiger partial charge in [0.1, 0.15) is 0 Å². The van der Waals surface area contributed by atoms with Crippen molar-refractivity contribution in [2.24, 2.45) is 0 Å². The summed E-state index contributed by atoms with van der Waals surface area (Å²) in [6, 6.07) is 8.89. The first-order valence-corrected chi connectivity index (χ1v) is 4.05. The van der Waals surface area contributed by atoms with E-state index in [0.29, 0.717) is 0 Å². The summed E-state index contributed by atoms with van der Waals surface area (Å²) in [7, 11) is 0. The molecule has 0 aromatic heterocycles. The number of fused-ring (bicyclic) bond motifs is 4. The molecule has 2 aliphatic rings. The van der Waals surface area contributed by atoms with Crippen LogP contribution in [0.25, 0.3) is 0 Å². The molecule has 0 radical (unpaired) electrons. The molecule has 0 heterocycles. The third-order valence-electron chi connectivity index (χ3n) is 3.07. The minimum absolute atomic E-state index is 0.969. The van der Waals surface area contributed by atoms with E-state index >= 15 is 0 Å². The molecule has 2 aliphatic carbocycles. The number of rotatable bonds is 0. The van der Waals surface area contributed by atoms with Crippen LogP contribution < -0.4 is 0 Å². The summed E-state index contributed by atoms with van der Waals surface area (Å²) in [5.41, 5.74) is 3.28. The Morgan fingerprint density at radius 3 is 1.80 bits per heavy atom. The molecule has 0 N–H and O–H groups in total. The lowest BCUT2D eigenvalue weighted by Gasteiger charge is -2.48. The van der Waals surface area contributed by atoms with Crippen LogP contribution in [0.4, 0.5) is 0 Å². The number of benzene rings is 1. The highest BCUT2D eigenvalue weighted by molar-refractivity contribution is 5.47. The smallest absolute Gasteiger partial charge is 0.00899 e. The predicted molar refractivity (Wildman–Crippen MR) is 41.2 cm³/mol. The van der Waals surface area contributed by atoms with Crippen LogP contribution >= 0.6 is 0 Å². The fourth-order valence-electron chi connectivity index (χ4n) is 2.33. The van der Waals surface area contributed by atoms with Crippen LogP contribution in [0.15, 0.2) is 24.3 Å². The van der Waals surface area contributed by atoms with Crippen LogP contribution in [0.2, 0.25) is 0 Å². The van der Waals surface area contributed by atoms with Gasteiger partial charge in [-0.1, -0.05) is 24.3 Å². The molecule has 10 heavy (non-hydrogen) atoms. The standard InChI is InChI=1S/C10H10/c1-2-4-8-7(3-1)9-5-6-10(8)9/h1-4,9-10H,5-6H2/t9-,10?/m1/s1. The molecule has 1 aromatic rings. The summed E-state index contributed by atoms with van der Waals surface area (Å²) in [6.45, 7) is 0. The summed E-state index contributed by atoms with van der Waals surface area (Å²) in [4.78, 5) is 0. The average Bonchev–Trinajstić information content (AvgIpc) is 1.90. The molecule has 1 unspecified atom stereocenters. The predicted octanol–water partition coefficient (Wildman–Crippen LogP) is 2.66. The lowest BCUT2D eigenvalue weighted by atomic mass is 9.56. The molecule has 0 amide bonds. The fraction of sp³-hybridized carbons (Fsp3) is 0.400. The van der Waals surface area contributed by atoms with Gasteiger partial charge < -0.3 is 0 Å². The van der Waals surface area contributed by atoms with Crippen LogP contribution in [0.1, 0.15) is 35.8 Å². The lowest BCUT2D eigenvalue weighted by molar-refractivity contribution is 0.294. The molecule has 0 spiro atoms. The number of hydrogen-bond acceptors (Lipinski definition) is 0. The van der Waals surface area contributed by atoms with Crippen LogP contribution in [-0.4, -0.2) is 0 Å². The average molecular weight is 130 g/mol. The maximum atomic E-state index is 2.29. The maximum Gasteiger partial charge on any atom is -0.00899 e. The normalized spacial score (nSPS) is 33.2. The van der Waals surface area contributed by atoms with Crippen molar-refractivity contribution >= 4 is 0 Å². The van der Waals surface area contributed by atoms with E-state index in [4.69, 9.17) is 0 Å². The second-order valence-electron chi connectivity index (χ2n) is 3.42. The van der Waals surface area contributed by atoms with Crippen molar-refractivity contribution in [1.29, 1.82) is 0 Å². The highest BCUT2D eigenvalue weighted by Gasteiger charge is 2.43. The van der Waals surface area contributed by atoms with E-state index in [9.17, 15) is 0 Å². The van der Waals surface area contributed by atoms with E-state index in [2.05, 4.69) is 24.3 Å². The zero-order valence-electron chi connectivity index (χ0n) is 5.88. The third kappa shape index (κ3) is 0.377. The van der Waals surface area contributed by atoms with Gasteiger partial charge in [0, 0.05) is 0 Å². The van der Waals surface area contributed by atoms with Crippen molar-refractivity contribution in [3.05, 3.63) is 35.4 Å². The van der Waals surface area contributed by atoms with Gasteiger partial charge in [0.25, 0.3) is 0 Å². The van der Waals surface area contributed by atoms with E-state index in [-0.39, 0.29) is 0 Å². The van der Waals surface area contributed by atoms with Crippen molar-refractivity contribution in [2.45, 2.75) is 24.7 Å². The second kappa shape index (κ2) is 1.45. The van der Waals surface area contributed by atoms with Gasteiger partial charge in [-0.15, -0.1) is 0 Å². The molecule has 1 saturated carbocycles. The highest BCUT2D eigenvalue weighted by atomic mass is 14.5. The van der Waals surface area contributed by atoms with Gasteiger partial charge in [-0.3, -0.25) is 0 Å². The molecule has 1 aromatic carbocycles. The molecular weight excluding hydrogens is 120 g/mol. The van der Waals surface area contributed by atoms with Gasteiger partial charge in [-0.05, 0) is 35.8 Å². The van der Waals surface area contributed by atoms with E-state index in [1.54, 1.807) is 11.1 Å². The van der Waals surface area contributed by atoms with Crippen LogP contribution in [0.5, 0.6) is 0 Å². The molecule has 50 valence electrons. The van der Waals surface area contributed by atoms with E-state index in [1.807, 2.05) is 0 Å². The largest absolute Gasteiger partial charge is 0.0620 e. The molecule has 1 fully saturated rings. The number of hydrogen-bond donors (Lipinski definition) is 0. The molecule has 0 bridgehead atoms. The Morgan fingerprint density at radius 2 is 1.40 bits per heavy atom. The fourth-order valence-corrected chi connectivity index (χ4v) is 2.33. The van der Waals surface area contributed by atoms with Gasteiger partial charge in [0.05, 0.1) is 0 Å². The first-order chi connectivity index (χ1) is 4.97. The molecule has 3 rings (SSSR count). The van der Waals surface area contributed by atoms with Crippen LogP contribution in [0, 0.1) is 0 Å². The van der Waals surface area contributed by atoms with Gasteiger partial charge in [-0.2, -0.15) is 0 Å². The van der Waals surface area contributed by atoms with Gasteiger partial charge in [-0.25, -0.2) is 0 Å². The van der Waals surface area contributed by atoms with E-state index < -0.39 is 0 Å². The van der Waals surface area contributed by atoms with Crippen LogP contribution in [-0.2, 0) is 0 Å². The Hall–Kier alpha value is -0.780. The molecule has 0 heteroatoms. The Kier molecular flexibility index (Phi) is 0.715. The Labute approximate surface area is 60.9 Å². The zero-order valence-corrected chi connectivity index (χ0v) is 5.88. The topological polar surface area (TPSA) is 0 Å². The summed E-state index contributed by atoms with van der Waals surface area (Å²) < 4.78 is 0. The molecule has 2 atom stereocenters. The Balaban J connectivity index is 2.20. The SMILES string of the molecule is c1ccc2c(c1)C1CC[C@H]21. The van der Waals surface area contributed by atoms with Crippen molar-refractivity contribution < 1.29 is 0 Å². The van der Waals surface area contributed by atoms with Gasteiger partial charge in [0.15, 0.2) is 0 Å². The molecule has 0 saturated heterocycles. The first-order valence-electron chi connectivity index (χ1n) is 4.05. The second-order valence-corrected chi connectivity index (χ2v) is 3.42. The van der Waals surface area contributed by atoms with E-state index in [1.165, 1.54) is 12.8 Å². The highest BCUT2D eigenvalue weighted by Crippen LogP contribution is 2.59. The van der Waals surface area contributed by atoms with Crippen molar-refractivity contribution in [3.63, 3.8) is 0 Å².